The minimum Gasteiger partial charge on any atom is -0.489 e. The van der Waals surface area contributed by atoms with Crippen molar-refractivity contribution in [3.63, 3.8) is 0 Å². The molecule has 0 unspecified atom stereocenters. The Bertz CT molecular complexity index is 1000. The van der Waals surface area contributed by atoms with E-state index in [9.17, 15) is 12.8 Å². The average Bonchev–Trinajstić information content (AvgIpc) is 2.69. The van der Waals surface area contributed by atoms with E-state index in [0.29, 0.717) is 25.2 Å². The predicted molar refractivity (Wildman–Crippen MR) is 133 cm³/mol. The largest absolute Gasteiger partial charge is 0.489 e. The Morgan fingerprint density at radius 2 is 1.70 bits per heavy atom. The molecule has 0 fully saturated rings. The monoisotopic (exact) mass is 496 g/mol. The molecule has 5 nitrogen and oxygen atoms in total. The first-order chi connectivity index (χ1) is 15.2. The van der Waals surface area contributed by atoms with Crippen molar-refractivity contribution in [3.05, 3.63) is 65.5 Å². The van der Waals surface area contributed by atoms with Gasteiger partial charge in [0, 0.05) is 6.07 Å². The Hall–Kier alpha value is -1.74. The second-order valence-electron chi connectivity index (χ2n) is 9.99. The highest BCUT2D eigenvalue weighted by atomic mass is 32.2. The van der Waals surface area contributed by atoms with Crippen molar-refractivity contribution in [2.45, 2.75) is 77.5 Å². The van der Waals surface area contributed by atoms with E-state index in [1.165, 1.54) is 12.1 Å². The van der Waals surface area contributed by atoms with E-state index in [1.807, 2.05) is 37.3 Å². The summed E-state index contributed by atoms with van der Waals surface area (Å²) in [4.78, 5) is 0. The van der Waals surface area contributed by atoms with Crippen LogP contribution in [0, 0.1) is 5.82 Å². The lowest BCUT2D eigenvalue weighted by Crippen LogP contribution is -2.47. The zero-order valence-electron chi connectivity index (χ0n) is 20.7. The van der Waals surface area contributed by atoms with Gasteiger partial charge in [-0.05, 0) is 55.1 Å². The van der Waals surface area contributed by atoms with E-state index in [0.717, 1.165) is 17.4 Å². The molecule has 0 radical (unpaired) electrons. The molecule has 0 bridgehead atoms. The number of hydrogen-bond donors (Lipinski definition) is 0. The summed E-state index contributed by atoms with van der Waals surface area (Å²) in [5.74, 6) is 0.0512. The van der Waals surface area contributed by atoms with Crippen LogP contribution < -0.4 is 4.74 Å². The molecule has 2 aromatic rings. The van der Waals surface area contributed by atoms with E-state index in [-0.39, 0.29) is 10.9 Å². The Labute approximate surface area is 199 Å². The van der Waals surface area contributed by atoms with Crippen molar-refractivity contribution in [3.8, 4) is 5.75 Å². The molecule has 0 amide bonds. The third-order valence-corrected chi connectivity index (χ3v) is 11.2. The summed E-state index contributed by atoms with van der Waals surface area (Å²) in [6, 6.07) is 14.1. The van der Waals surface area contributed by atoms with Gasteiger partial charge in [-0.3, -0.25) is 4.18 Å². The minimum atomic E-state index is -3.68. The van der Waals surface area contributed by atoms with Gasteiger partial charge in [-0.1, -0.05) is 57.2 Å². The molecule has 0 aromatic heterocycles. The number of hydrogen-bond acceptors (Lipinski definition) is 5. The van der Waals surface area contributed by atoms with Crippen molar-refractivity contribution in [2.75, 3.05) is 6.26 Å². The smallest absolute Gasteiger partial charge is 0.264 e. The van der Waals surface area contributed by atoms with Crippen LogP contribution in [0.25, 0.3) is 0 Å². The fourth-order valence-corrected chi connectivity index (χ4v) is 5.34. The van der Waals surface area contributed by atoms with Gasteiger partial charge in [-0.15, -0.1) is 0 Å². The molecule has 0 saturated carbocycles. The summed E-state index contributed by atoms with van der Waals surface area (Å²) in [6.45, 7) is 12.8. The zero-order chi connectivity index (χ0) is 24.9. The quantitative estimate of drug-likeness (QED) is 0.278. The molecule has 184 valence electrons. The molecule has 2 aromatic carbocycles. The summed E-state index contributed by atoms with van der Waals surface area (Å²) in [5, 5.41) is -0.0215. The lowest BCUT2D eigenvalue weighted by molar-refractivity contribution is 0.0558. The Kier molecular flexibility index (Phi) is 9.27. The van der Waals surface area contributed by atoms with Gasteiger partial charge in [-0.2, -0.15) is 8.42 Å². The van der Waals surface area contributed by atoms with Crippen LogP contribution in [0.2, 0.25) is 18.1 Å². The third kappa shape index (κ3) is 8.85. The summed E-state index contributed by atoms with van der Waals surface area (Å²) >= 11 is 0. The van der Waals surface area contributed by atoms with Gasteiger partial charge in [-0.25, -0.2) is 4.39 Å². The van der Waals surface area contributed by atoms with Gasteiger partial charge in [0.15, 0.2) is 8.32 Å². The minimum absolute atomic E-state index is 0.0215. The van der Waals surface area contributed by atoms with E-state index in [1.54, 1.807) is 6.07 Å². The van der Waals surface area contributed by atoms with E-state index >= 15 is 0 Å². The first kappa shape index (κ1) is 27.5. The molecule has 2 rings (SSSR count). The Morgan fingerprint density at radius 1 is 1.06 bits per heavy atom. The highest BCUT2D eigenvalue weighted by Gasteiger charge is 2.40. The molecule has 0 aliphatic rings. The number of ether oxygens (including phenoxy) is 1. The van der Waals surface area contributed by atoms with Crippen LogP contribution >= 0.6 is 0 Å². The maximum atomic E-state index is 13.9. The van der Waals surface area contributed by atoms with Crippen LogP contribution in [0.3, 0.4) is 0 Å². The van der Waals surface area contributed by atoms with Gasteiger partial charge in [0.25, 0.3) is 10.1 Å². The van der Waals surface area contributed by atoms with Crippen LogP contribution in [0.1, 0.15) is 45.2 Å². The molecule has 0 spiro atoms. The molecule has 0 heterocycles. The molecule has 8 heteroatoms. The molecule has 0 aliphatic heterocycles. The predicted octanol–water partition coefficient (Wildman–Crippen LogP) is 6.09. The normalized spacial score (nSPS) is 14.7. The molecular formula is C25H37FO5SSi. The average molecular weight is 497 g/mol. The van der Waals surface area contributed by atoms with Crippen LogP contribution in [-0.4, -0.2) is 35.2 Å². The molecule has 0 N–H and O–H groups in total. The summed E-state index contributed by atoms with van der Waals surface area (Å²) < 4.78 is 55.6. The highest BCUT2D eigenvalue weighted by molar-refractivity contribution is 7.86. The number of halogens is 1. The highest BCUT2D eigenvalue weighted by Crippen LogP contribution is 2.38. The maximum Gasteiger partial charge on any atom is 0.264 e. The van der Waals surface area contributed by atoms with Gasteiger partial charge < -0.3 is 9.16 Å². The summed E-state index contributed by atoms with van der Waals surface area (Å²) in [7, 11) is -5.81. The zero-order valence-corrected chi connectivity index (χ0v) is 22.5. The van der Waals surface area contributed by atoms with Crippen LogP contribution in [0.5, 0.6) is 5.75 Å². The Balaban J connectivity index is 2.17. The number of aryl methyl sites for hydroxylation is 1. The second kappa shape index (κ2) is 11.1. The lowest BCUT2D eigenvalue weighted by atomic mass is 10.0. The first-order valence-electron chi connectivity index (χ1n) is 11.2. The van der Waals surface area contributed by atoms with E-state index in [2.05, 4.69) is 33.9 Å². The van der Waals surface area contributed by atoms with Crippen molar-refractivity contribution < 1.29 is 26.2 Å². The fraction of sp³-hybridized carbons (Fsp3) is 0.520. The second-order valence-corrected chi connectivity index (χ2v) is 16.3. The number of rotatable bonds is 11. The molecule has 0 saturated heterocycles. The van der Waals surface area contributed by atoms with Crippen molar-refractivity contribution in [2.24, 2.45) is 0 Å². The van der Waals surface area contributed by atoms with E-state index in [4.69, 9.17) is 13.3 Å². The third-order valence-electron chi connectivity index (χ3n) is 6.07. The van der Waals surface area contributed by atoms with Crippen molar-refractivity contribution in [1.29, 1.82) is 0 Å². The van der Waals surface area contributed by atoms with Crippen LogP contribution in [0.4, 0.5) is 4.39 Å². The van der Waals surface area contributed by atoms with Crippen LogP contribution in [-0.2, 0) is 31.8 Å². The van der Waals surface area contributed by atoms with Gasteiger partial charge in [0.05, 0.1) is 12.4 Å². The van der Waals surface area contributed by atoms with Crippen molar-refractivity contribution >= 4 is 18.4 Å². The molecule has 0 aliphatic carbocycles. The first-order valence-corrected chi connectivity index (χ1v) is 15.9. The topological polar surface area (TPSA) is 61.8 Å². The summed E-state index contributed by atoms with van der Waals surface area (Å²) in [5.41, 5.74) is 1.76. The Morgan fingerprint density at radius 3 is 2.27 bits per heavy atom. The number of benzene rings is 2. The standard InChI is InChI=1S/C25H37FO5SSi/c1-19(31-33(6,7)25(2,3)4)23(30-32(5,27)28)16-14-21-13-15-22(26)17-24(21)29-18-20-11-9-8-10-12-20/h8-13,15,17,19,23H,14,16,18H2,1-7H3/t19-,23-/m0/s1. The molecular weight excluding hydrogens is 459 g/mol. The molecule has 2 atom stereocenters. The fourth-order valence-electron chi connectivity index (χ4n) is 3.21. The van der Waals surface area contributed by atoms with Gasteiger partial charge in [0.2, 0.25) is 0 Å². The lowest BCUT2D eigenvalue weighted by Gasteiger charge is -2.40. The van der Waals surface area contributed by atoms with Gasteiger partial charge >= 0.3 is 0 Å². The summed E-state index contributed by atoms with van der Waals surface area (Å²) in [6.07, 6.45) is 0.799. The van der Waals surface area contributed by atoms with E-state index < -0.39 is 30.6 Å². The SMILES string of the molecule is C[C@H](O[Si](C)(C)C(C)(C)C)[C@H](CCc1ccc(F)cc1OCc1ccccc1)OS(C)(=O)=O. The van der Waals surface area contributed by atoms with Crippen molar-refractivity contribution in [1.82, 2.24) is 0 Å². The van der Waals surface area contributed by atoms with Crippen LogP contribution in [0.15, 0.2) is 48.5 Å². The molecule has 33 heavy (non-hydrogen) atoms. The maximum absolute atomic E-state index is 13.9. The van der Waals surface area contributed by atoms with Gasteiger partial charge in [0.1, 0.15) is 24.3 Å².